The zero-order valence-electron chi connectivity index (χ0n) is 18.7. The van der Waals surface area contributed by atoms with Gasteiger partial charge in [-0.15, -0.1) is 0 Å². The van der Waals surface area contributed by atoms with Crippen molar-refractivity contribution < 1.29 is 24.2 Å². The third kappa shape index (κ3) is 5.25. The van der Waals surface area contributed by atoms with E-state index in [-0.39, 0.29) is 31.9 Å². The Balaban J connectivity index is 1.38. The fraction of sp³-hybridized carbons (Fsp3) is 0.280. The number of ether oxygens (including phenoxy) is 1. The van der Waals surface area contributed by atoms with Crippen LogP contribution in [-0.2, 0) is 27.9 Å². The molecule has 0 aliphatic heterocycles. The molecule has 34 heavy (non-hydrogen) atoms. The summed E-state index contributed by atoms with van der Waals surface area (Å²) in [5, 5.41) is 18.4. The van der Waals surface area contributed by atoms with Gasteiger partial charge in [-0.3, -0.25) is 14.3 Å². The van der Waals surface area contributed by atoms with Crippen LogP contribution in [0, 0.1) is 0 Å². The van der Waals surface area contributed by atoms with Crippen LogP contribution in [0.4, 0.5) is 4.79 Å². The number of amides is 2. The molecule has 0 radical (unpaired) electrons. The number of aryl methyl sites for hydroxylation is 1. The number of alkyl carbamates (subject to hydrolysis) is 1. The number of carboxylic acid groups (broad SMARTS) is 1. The van der Waals surface area contributed by atoms with Crippen LogP contribution in [0.25, 0.3) is 11.1 Å². The Kier molecular flexibility index (Phi) is 6.91. The van der Waals surface area contributed by atoms with Gasteiger partial charge in [-0.2, -0.15) is 5.10 Å². The number of aliphatic carboxylic acids is 1. The van der Waals surface area contributed by atoms with Gasteiger partial charge in [0.1, 0.15) is 12.6 Å². The van der Waals surface area contributed by atoms with E-state index < -0.39 is 24.0 Å². The van der Waals surface area contributed by atoms with Crippen LogP contribution < -0.4 is 10.6 Å². The quantitative estimate of drug-likeness (QED) is 0.449. The second-order valence-corrected chi connectivity index (χ2v) is 8.15. The number of aromatic nitrogens is 2. The van der Waals surface area contributed by atoms with E-state index in [1.807, 2.05) is 48.5 Å². The van der Waals surface area contributed by atoms with Crippen molar-refractivity contribution in [1.82, 2.24) is 20.4 Å². The molecule has 3 aromatic rings. The molecule has 0 spiro atoms. The van der Waals surface area contributed by atoms with E-state index >= 15 is 0 Å². The molecule has 0 fully saturated rings. The van der Waals surface area contributed by atoms with Crippen LogP contribution in [0.5, 0.6) is 0 Å². The van der Waals surface area contributed by atoms with Crippen LogP contribution in [0.1, 0.15) is 35.6 Å². The average molecular weight is 463 g/mol. The monoisotopic (exact) mass is 462 g/mol. The molecule has 9 heteroatoms. The first-order chi connectivity index (χ1) is 16.4. The summed E-state index contributed by atoms with van der Waals surface area (Å²) in [5.74, 6) is -1.68. The predicted octanol–water partition coefficient (Wildman–Crippen LogP) is 2.81. The summed E-state index contributed by atoms with van der Waals surface area (Å²) in [6.07, 6.45) is 0.641. The Morgan fingerprint density at radius 1 is 1.06 bits per heavy atom. The van der Waals surface area contributed by atoms with Crippen LogP contribution >= 0.6 is 0 Å². The number of nitrogens with zero attached hydrogens (tertiary/aromatic N) is 2. The lowest BCUT2D eigenvalue weighted by Crippen LogP contribution is -2.47. The molecule has 176 valence electrons. The number of rotatable bonds is 9. The summed E-state index contributed by atoms with van der Waals surface area (Å²) < 4.78 is 7.11. The molecule has 1 unspecified atom stereocenters. The van der Waals surface area contributed by atoms with Crippen molar-refractivity contribution in [3.63, 3.8) is 0 Å². The Morgan fingerprint density at radius 2 is 1.71 bits per heavy atom. The molecule has 0 saturated carbocycles. The summed E-state index contributed by atoms with van der Waals surface area (Å²) in [5.41, 5.74) is 5.02. The molecule has 4 rings (SSSR count). The lowest BCUT2D eigenvalue weighted by molar-refractivity contribution is -0.137. The minimum Gasteiger partial charge on any atom is -0.481 e. The number of fused-ring (bicyclic) bond motifs is 3. The van der Waals surface area contributed by atoms with Gasteiger partial charge in [0, 0.05) is 25.6 Å². The fourth-order valence-electron chi connectivity index (χ4n) is 4.18. The molecule has 2 amide bonds. The van der Waals surface area contributed by atoms with E-state index in [1.165, 1.54) is 0 Å². The second kappa shape index (κ2) is 10.2. The molecule has 9 nitrogen and oxygen atoms in total. The van der Waals surface area contributed by atoms with E-state index in [1.54, 1.807) is 24.0 Å². The van der Waals surface area contributed by atoms with Crippen molar-refractivity contribution in [3.8, 4) is 11.1 Å². The van der Waals surface area contributed by atoms with Crippen molar-refractivity contribution >= 4 is 18.0 Å². The number of nitrogens with one attached hydrogen (secondary N) is 2. The van der Waals surface area contributed by atoms with Gasteiger partial charge < -0.3 is 20.5 Å². The van der Waals surface area contributed by atoms with E-state index in [4.69, 9.17) is 9.84 Å². The van der Waals surface area contributed by atoms with Crippen LogP contribution in [0.3, 0.4) is 0 Å². The maximum Gasteiger partial charge on any atom is 0.407 e. The maximum atomic E-state index is 12.7. The van der Waals surface area contributed by atoms with Gasteiger partial charge in [-0.1, -0.05) is 48.5 Å². The number of benzene rings is 2. The highest BCUT2D eigenvalue weighted by molar-refractivity contribution is 5.86. The third-order valence-corrected chi connectivity index (χ3v) is 5.81. The standard InChI is InChI=1S/C25H26N4O5/c1-29-13-12-16(28-29)14-26-24(32)22(10-11-23(30)31)27-25(33)34-15-21-19-8-4-2-6-17(19)18-7-3-5-9-20(18)21/h2-9,12-13,21-22H,10-11,14-15H2,1H3,(H,26,32)(H,27,33)(H,30,31). The van der Waals surface area contributed by atoms with Gasteiger partial charge in [0.25, 0.3) is 0 Å². The summed E-state index contributed by atoms with van der Waals surface area (Å²) in [7, 11) is 1.76. The molecule has 0 saturated heterocycles. The maximum absolute atomic E-state index is 12.7. The van der Waals surface area contributed by atoms with Crippen molar-refractivity contribution in [2.24, 2.45) is 7.05 Å². The largest absolute Gasteiger partial charge is 0.481 e. The highest BCUT2D eigenvalue weighted by Gasteiger charge is 2.30. The Labute approximate surface area is 196 Å². The van der Waals surface area contributed by atoms with E-state index in [2.05, 4.69) is 15.7 Å². The van der Waals surface area contributed by atoms with Gasteiger partial charge in [-0.25, -0.2) is 4.79 Å². The van der Waals surface area contributed by atoms with Crippen molar-refractivity contribution in [3.05, 3.63) is 77.6 Å². The van der Waals surface area contributed by atoms with Gasteiger partial charge in [-0.05, 0) is 34.7 Å². The topological polar surface area (TPSA) is 123 Å². The van der Waals surface area contributed by atoms with Gasteiger partial charge >= 0.3 is 12.1 Å². The Hall–Kier alpha value is -4.14. The summed E-state index contributed by atoms with van der Waals surface area (Å²) >= 11 is 0. The lowest BCUT2D eigenvalue weighted by Gasteiger charge is -2.19. The second-order valence-electron chi connectivity index (χ2n) is 8.15. The molecule has 2 aromatic carbocycles. The SMILES string of the molecule is Cn1ccc(CNC(=O)C(CCC(=O)O)NC(=O)OCC2c3ccccc3-c3ccccc32)n1. The average Bonchev–Trinajstić information content (AvgIpc) is 3.39. The van der Waals surface area contributed by atoms with Gasteiger partial charge in [0.15, 0.2) is 0 Å². The van der Waals surface area contributed by atoms with E-state index in [0.717, 1.165) is 22.3 Å². The van der Waals surface area contributed by atoms with Crippen molar-refractivity contribution in [2.75, 3.05) is 6.61 Å². The summed E-state index contributed by atoms with van der Waals surface area (Å²) in [6.45, 7) is 0.261. The van der Waals surface area contributed by atoms with Gasteiger partial charge in [0.2, 0.25) is 5.91 Å². The highest BCUT2D eigenvalue weighted by Crippen LogP contribution is 2.44. The summed E-state index contributed by atoms with van der Waals surface area (Å²) in [6, 6.07) is 16.7. The number of carboxylic acids is 1. The molecule has 1 aliphatic rings. The molecule has 3 N–H and O–H groups in total. The lowest BCUT2D eigenvalue weighted by atomic mass is 9.98. The van der Waals surface area contributed by atoms with Gasteiger partial charge in [0.05, 0.1) is 12.2 Å². The molecule has 1 heterocycles. The molecular weight excluding hydrogens is 436 g/mol. The Morgan fingerprint density at radius 3 is 2.29 bits per heavy atom. The zero-order chi connectivity index (χ0) is 24.1. The molecule has 0 bridgehead atoms. The molecule has 1 aromatic heterocycles. The van der Waals surface area contributed by atoms with Crippen LogP contribution in [0.2, 0.25) is 0 Å². The molecular formula is C25H26N4O5. The first-order valence-electron chi connectivity index (χ1n) is 11.0. The fourth-order valence-corrected chi connectivity index (χ4v) is 4.18. The van der Waals surface area contributed by atoms with Crippen molar-refractivity contribution in [2.45, 2.75) is 31.3 Å². The molecule has 1 atom stereocenters. The van der Waals surface area contributed by atoms with Crippen LogP contribution in [0.15, 0.2) is 60.8 Å². The van der Waals surface area contributed by atoms with E-state index in [9.17, 15) is 14.4 Å². The number of carbonyl (C=O) groups excluding carboxylic acids is 2. The molecule has 1 aliphatic carbocycles. The minimum atomic E-state index is -1.06. The number of carbonyl (C=O) groups is 3. The number of hydrogen-bond donors (Lipinski definition) is 3. The smallest absolute Gasteiger partial charge is 0.407 e. The zero-order valence-corrected chi connectivity index (χ0v) is 18.7. The first-order valence-corrected chi connectivity index (χ1v) is 11.0. The normalized spacial score (nSPS) is 13.0. The minimum absolute atomic E-state index is 0.0619. The Bertz CT molecular complexity index is 1160. The van der Waals surface area contributed by atoms with Crippen LogP contribution in [-0.4, -0.2) is 45.5 Å². The predicted molar refractivity (Wildman–Crippen MR) is 124 cm³/mol. The van der Waals surface area contributed by atoms with Crippen molar-refractivity contribution in [1.29, 1.82) is 0 Å². The highest BCUT2D eigenvalue weighted by atomic mass is 16.5. The third-order valence-electron chi connectivity index (χ3n) is 5.81. The first kappa shape index (κ1) is 23.0. The number of hydrogen-bond acceptors (Lipinski definition) is 5. The summed E-state index contributed by atoms with van der Waals surface area (Å²) in [4.78, 5) is 36.3. The van der Waals surface area contributed by atoms with E-state index in [0.29, 0.717) is 5.69 Å².